The summed E-state index contributed by atoms with van der Waals surface area (Å²) in [5.74, 6) is 0.737. The molecule has 6 heteroatoms. The first-order valence-electron chi connectivity index (χ1n) is 6.64. The van der Waals surface area contributed by atoms with Gasteiger partial charge in [0.1, 0.15) is 5.82 Å². The maximum absolute atomic E-state index is 13.4. The summed E-state index contributed by atoms with van der Waals surface area (Å²) in [5.41, 5.74) is 6.65. The molecule has 0 spiro atoms. The summed E-state index contributed by atoms with van der Waals surface area (Å²) in [4.78, 5) is 0. The van der Waals surface area contributed by atoms with E-state index in [0.29, 0.717) is 12.1 Å². The lowest BCUT2D eigenvalue weighted by molar-refractivity contribution is 0.318. The second kappa shape index (κ2) is 9.61. The molecule has 0 atom stereocenters. The van der Waals surface area contributed by atoms with Crippen molar-refractivity contribution in [1.29, 1.82) is 0 Å². The first-order chi connectivity index (χ1) is 9.67. The maximum Gasteiger partial charge on any atom is 0.170 e. The molecule has 0 saturated heterocycles. The number of amidine groups is 1. The normalized spacial score (nSPS) is 11.8. The SMILES string of the molecule is CSCCCCCNCc1cc(F)cc(/C(N)=N/O)c1. The van der Waals surface area contributed by atoms with Gasteiger partial charge in [0, 0.05) is 12.1 Å². The number of nitrogens with two attached hydrogens (primary N) is 1. The van der Waals surface area contributed by atoms with Crippen molar-refractivity contribution in [3.05, 3.63) is 35.1 Å². The lowest BCUT2D eigenvalue weighted by Gasteiger charge is -2.07. The summed E-state index contributed by atoms with van der Waals surface area (Å²) in [6.45, 7) is 1.48. The zero-order valence-electron chi connectivity index (χ0n) is 11.7. The maximum atomic E-state index is 13.4. The Bertz CT molecular complexity index is 440. The van der Waals surface area contributed by atoms with E-state index in [4.69, 9.17) is 10.9 Å². The summed E-state index contributed by atoms with van der Waals surface area (Å²) in [5, 5.41) is 14.8. The predicted octanol–water partition coefficient (Wildman–Crippen LogP) is 2.54. The molecule has 0 unspecified atom stereocenters. The molecular weight excluding hydrogens is 277 g/mol. The molecule has 0 aliphatic rings. The second-order valence-corrected chi connectivity index (χ2v) is 5.55. The van der Waals surface area contributed by atoms with E-state index < -0.39 is 0 Å². The van der Waals surface area contributed by atoms with Crippen LogP contribution in [0.5, 0.6) is 0 Å². The number of oxime groups is 1. The average Bonchev–Trinajstić information content (AvgIpc) is 2.45. The van der Waals surface area contributed by atoms with Gasteiger partial charge in [-0.3, -0.25) is 0 Å². The molecule has 0 radical (unpaired) electrons. The van der Waals surface area contributed by atoms with Crippen molar-refractivity contribution in [2.75, 3.05) is 18.6 Å². The lowest BCUT2D eigenvalue weighted by Crippen LogP contribution is -2.17. The van der Waals surface area contributed by atoms with Gasteiger partial charge in [0.2, 0.25) is 0 Å². The summed E-state index contributed by atoms with van der Waals surface area (Å²) in [6.07, 6.45) is 5.66. The van der Waals surface area contributed by atoms with E-state index in [1.807, 2.05) is 11.8 Å². The Morgan fingerprint density at radius 3 is 2.85 bits per heavy atom. The fourth-order valence-corrected chi connectivity index (χ4v) is 2.36. The number of hydrogen-bond acceptors (Lipinski definition) is 4. The fraction of sp³-hybridized carbons (Fsp3) is 0.500. The fourth-order valence-electron chi connectivity index (χ4n) is 1.86. The highest BCUT2D eigenvalue weighted by Crippen LogP contribution is 2.09. The van der Waals surface area contributed by atoms with E-state index in [0.717, 1.165) is 18.5 Å². The third-order valence-corrected chi connectivity index (χ3v) is 3.59. The van der Waals surface area contributed by atoms with E-state index in [1.54, 1.807) is 6.07 Å². The van der Waals surface area contributed by atoms with E-state index >= 15 is 0 Å². The number of thioether (sulfide) groups is 1. The third-order valence-electron chi connectivity index (χ3n) is 2.89. The number of halogens is 1. The lowest BCUT2D eigenvalue weighted by atomic mass is 10.1. The standard InChI is InChI=1S/C14H22FN3OS/c1-20-6-4-2-3-5-17-10-11-7-12(14(16)18-19)9-13(15)8-11/h7-9,17,19H,2-6,10H2,1H3,(H2,16,18). The molecule has 0 heterocycles. The van der Waals surface area contributed by atoms with Gasteiger partial charge >= 0.3 is 0 Å². The molecule has 0 aliphatic carbocycles. The van der Waals surface area contributed by atoms with Crippen LogP contribution in [-0.4, -0.2) is 29.6 Å². The third kappa shape index (κ3) is 6.25. The Morgan fingerprint density at radius 1 is 1.35 bits per heavy atom. The molecule has 1 rings (SSSR count). The van der Waals surface area contributed by atoms with Gasteiger partial charge in [-0.2, -0.15) is 11.8 Å². The molecular formula is C14H22FN3OS. The molecule has 1 aromatic rings. The summed E-state index contributed by atoms with van der Waals surface area (Å²) >= 11 is 1.86. The van der Waals surface area contributed by atoms with Crippen molar-refractivity contribution < 1.29 is 9.60 Å². The van der Waals surface area contributed by atoms with Gasteiger partial charge in [-0.05, 0) is 55.2 Å². The van der Waals surface area contributed by atoms with Crippen molar-refractivity contribution in [2.24, 2.45) is 10.9 Å². The van der Waals surface area contributed by atoms with Gasteiger partial charge in [-0.25, -0.2) is 4.39 Å². The molecule has 0 bridgehead atoms. The molecule has 0 saturated carbocycles. The monoisotopic (exact) mass is 299 g/mol. The van der Waals surface area contributed by atoms with Crippen LogP contribution in [0, 0.1) is 5.82 Å². The van der Waals surface area contributed by atoms with Crippen LogP contribution in [-0.2, 0) is 6.54 Å². The Balaban J connectivity index is 2.38. The summed E-state index contributed by atoms with van der Waals surface area (Å²) < 4.78 is 13.4. The zero-order valence-corrected chi connectivity index (χ0v) is 12.5. The molecule has 1 aromatic carbocycles. The van der Waals surface area contributed by atoms with E-state index in [9.17, 15) is 4.39 Å². The number of nitrogens with one attached hydrogen (secondary N) is 1. The summed E-state index contributed by atoms with van der Waals surface area (Å²) in [6, 6.07) is 4.43. The van der Waals surface area contributed by atoms with E-state index in [-0.39, 0.29) is 11.7 Å². The van der Waals surface area contributed by atoms with Gasteiger partial charge in [0.05, 0.1) is 0 Å². The second-order valence-electron chi connectivity index (χ2n) is 4.56. The van der Waals surface area contributed by atoms with Crippen LogP contribution in [0.15, 0.2) is 23.4 Å². The van der Waals surface area contributed by atoms with Crippen LogP contribution in [0.2, 0.25) is 0 Å². The molecule has 4 nitrogen and oxygen atoms in total. The number of hydrogen-bond donors (Lipinski definition) is 3. The van der Waals surface area contributed by atoms with Gasteiger partial charge in [-0.15, -0.1) is 0 Å². The average molecular weight is 299 g/mol. The van der Waals surface area contributed by atoms with Gasteiger partial charge < -0.3 is 16.3 Å². The minimum atomic E-state index is -0.383. The largest absolute Gasteiger partial charge is 0.409 e. The highest BCUT2D eigenvalue weighted by Gasteiger charge is 2.04. The quantitative estimate of drug-likeness (QED) is 0.215. The minimum absolute atomic E-state index is 0.0807. The molecule has 0 aliphatic heterocycles. The smallest absolute Gasteiger partial charge is 0.170 e. The van der Waals surface area contributed by atoms with Crippen molar-refractivity contribution in [1.82, 2.24) is 5.32 Å². The van der Waals surface area contributed by atoms with Crippen molar-refractivity contribution >= 4 is 17.6 Å². The number of nitrogens with zero attached hydrogens (tertiary/aromatic N) is 1. The van der Waals surface area contributed by atoms with Crippen LogP contribution in [0.25, 0.3) is 0 Å². The highest BCUT2D eigenvalue weighted by molar-refractivity contribution is 7.98. The first-order valence-corrected chi connectivity index (χ1v) is 8.03. The Labute approximate surface area is 123 Å². The van der Waals surface area contributed by atoms with Gasteiger partial charge in [-0.1, -0.05) is 11.6 Å². The Morgan fingerprint density at radius 2 is 2.15 bits per heavy atom. The van der Waals surface area contributed by atoms with Crippen molar-refractivity contribution in [2.45, 2.75) is 25.8 Å². The van der Waals surface area contributed by atoms with Crippen LogP contribution >= 0.6 is 11.8 Å². The van der Waals surface area contributed by atoms with Crippen LogP contribution in [0.3, 0.4) is 0 Å². The van der Waals surface area contributed by atoms with Gasteiger partial charge in [0.15, 0.2) is 5.84 Å². The highest BCUT2D eigenvalue weighted by atomic mass is 32.2. The van der Waals surface area contributed by atoms with Gasteiger partial charge in [0.25, 0.3) is 0 Å². The number of unbranched alkanes of at least 4 members (excludes halogenated alkanes) is 2. The molecule has 4 N–H and O–H groups in total. The molecule has 20 heavy (non-hydrogen) atoms. The predicted molar refractivity (Wildman–Crippen MR) is 82.9 cm³/mol. The molecule has 0 amide bonds. The number of benzene rings is 1. The molecule has 0 aromatic heterocycles. The topological polar surface area (TPSA) is 70.6 Å². The Hall–Kier alpha value is -1.27. The molecule has 0 fully saturated rings. The van der Waals surface area contributed by atoms with Crippen molar-refractivity contribution in [3.8, 4) is 0 Å². The Kier molecular flexibility index (Phi) is 8.06. The minimum Gasteiger partial charge on any atom is -0.409 e. The van der Waals surface area contributed by atoms with Crippen LogP contribution in [0.1, 0.15) is 30.4 Å². The van der Waals surface area contributed by atoms with E-state index in [1.165, 1.54) is 30.7 Å². The first kappa shape index (κ1) is 16.8. The molecule has 112 valence electrons. The van der Waals surface area contributed by atoms with Crippen LogP contribution in [0.4, 0.5) is 4.39 Å². The summed E-state index contributed by atoms with van der Waals surface area (Å²) in [7, 11) is 0. The van der Waals surface area contributed by atoms with Crippen LogP contribution < -0.4 is 11.1 Å². The zero-order chi connectivity index (χ0) is 14.8. The van der Waals surface area contributed by atoms with E-state index in [2.05, 4.69) is 16.7 Å². The van der Waals surface area contributed by atoms with Crippen molar-refractivity contribution in [3.63, 3.8) is 0 Å². The number of rotatable bonds is 9.